The second-order valence-corrected chi connectivity index (χ2v) is 6.00. The summed E-state index contributed by atoms with van der Waals surface area (Å²) in [6.07, 6.45) is -0.165. The van der Waals surface area contributed by atoms with Crippen molar-refractivity contribution < 1.29 is 9.47 Å². The van der Waals surface area contributed by atoms with Gasteiger partial charge in [-0.15, -0.1) is 0 Å². The Morgan fingerprint density at radius 2 is 2.00 bits per heavy atom. The monoisotopic (exact) mass is 272 g/mol. The maximum absolute atomic E-state index is 9.52. The van der Waals surface area contributed by atoms with E-state index in [9.17, 15) is 5.26 Å². The number of rotatable bonds is 2. The third-order valence-electron chi connectivity index (χ3n) is 4.19. The molecule has 3 rings (SSSR count). The van der Waals surface area contributed by atoms with Crippen LogP contribution >= 0.6 is 0 Å². The van der Waals surface area contributed by atoms with E-state index in [-0.39, 0.29) is 24.3 Å². The van der Waals surface area contributed by atoms with Gasteiger partial charge in [0.1, 0.15) is 18.2 Å². The van der Waals surface area contributed by atoms with E-state index in [4.69, 9.17) is 9.47 Å². The van der Waals surface area contributed by atoms with Crippen LogP contribution in [0.4, 0.5) is 0 Å². The van der Waals surface area contributed by atoms with Crippen molar-refractivity contribution >= 4 is 0 Å². The SMILES string of the molecule is CC(c1ccccc1)N1CC2OC(C)(C)OC2C1C#N. The Balaban J connectivity index is 1.81. The van der Waals surface area contributed by atoms with Gasteiger partial charge in [-0.3, -0.25) is 4.90 Å². The van der Waals surface area contributed by atoms with E-state index in [1.165, 1.54) is 5.56 Å². The largest absolute Gasteiger partial charge is 0.343 e. The van der Waals surface area contributed by atoms with Gasteiger partial charge in [0.25, 0.3) is 0 Å². The van der Waals surface area contributed by atoms with Crippen LogP contribution in [0, 0.1) is 11.3 Å². The summed E-state index contributed by atoms with van der Waals surface area (Å²) >= 11 is 0. The van der Waals surface area contributed by atoms with Crippen LogP contribution in [0.15, 0.2) is 30.3 Å². The van der Waals surface area contributed by atoms with Crippen LogP contribution in [-0.4, -0.2) is 35.5 Å². The quantitative estimate of drug-likeness (QED) is 0.829. The van der Waals surface area contributed by atoms with Crippen molar-refractivity contribution in [3.8, 4) is 6.07 Å². The van der Waals surface area contributed by atoms with Gasteiger partial charge in [-0.1, -0.05) is 30.3 Å². The summed E-state index contributed by atoms with van der Waals surface area (Å²) in [4.78, 5) is 2.18. The highest BCUT2D eigenvalue weighted by Crippen LogP contribution is 2.39. The zero-order valence-electron chi connectivity index (χ0n) is 12.1. The van der Waals surface area contributed by atoms with Crippen LogP contribution in [-0.2, 0) is 9.47 Å². The van der Waals surface area contributed by atoms with Gasteiger partial charge >= 0.3 is 0 Å². The van der Waals surface area contributed by atoms with Crippen LogP contribution in [0.1, 0.15) is 32.4 Å². The zero-order chi connectivity index (χ0) is 14.3. The molecule has 2 heterocycles. The average Bonchev–Trinajstić information content (AvgIpc) is 2.90. The number of nitrogens with zero attached hydrogens (tertiary/aromatic N) is 2. The van der Waals surface area contributed by atoms with Crippen LogP contribution in [0.2, 0.25) is 0 Å². The molecule has 2 aliphatic rings. The van der Waals surface area contributed by atoms with Gasteiger partial charge < -0.3 is 9.47 Å². The van der Waals surface area contributed by atoms with Crippen molar-refractivity contribution in [3.05, 3.63) is 35.9 Å². The van der Waals surface area contributed by atoms with Crippen molar-refractivity contribution in [2.75, 3.05) is 6.54 Å². The van der Waals surface area contributed by atoms with Crippen molar-refractivity contribution in [2.24, 2.45) is 0 Å². The summed E-state index contributed by atoms with van der Waals surface area (Å²) in [6, 6.07) is 12.6. The molecule has 0 N–H and O–H groups in total. The first-order valence-corrected chi connectivity index (χ1v) is 7.08. The van der Waals surface area contributed by atoms with Gasteiger partial charge in [-0.05, 0) is 26.3 Å². The maximum Gasteiger partial charge on any atom is 0.163 e. The van der Waals surface area contributed by atoms with Crippen molar-refractivity contribution in [2.45, 2.75) is 50.8 Å². The Labute approximate surface area is 119 Å². The standard InChI is InChI=1S/C16H20N2O2/c1-11(12-7-5-4-6-8-12)18-10-14-15(13(18)9-17)20-16(2,3)19-14/h4-8,11,13-15H,10H2,1-3H3. The Bertz CT molecular complexity index is 523. The third-order valence-corrected chi connectivity index (χ3v) is 4.19. The van der Waals surface area contributed by atoms with E-state index in [0.29, 0.717) is 0 Å². The Morgan fingerprint density at radius 3 is 2.65 bits per heavy atom. The number of nitriles is 1. The molecule has 0 saturated carbocycles. The van der Waals surface area contributed by atoms with Crippen LogP contribution in [0.25, 0.3) is 0 Å². The first kappa shape index (κ1) is 13.6. The fraction of sp³-hybridized carbons (Fsp3) is 0.562. The molecule has 0 spiro atoms. The van der Waals surface area contributed by atoms with Gasteiger partial charge in [0.05, 0.1) is 6.07 Å². The first-order valence-electron chi connectivity index (χ1n) is 7.08. The highest BCUT2D eigenvalue weighted by Gasteiger charge is 2.53. The molecule has 0 amide bonds. The van der Waals surface area contributed by atoms with Crippen LogP contribution in [0.3, 0.4) is 0 Å². The van der Waals surface area contributed by atoms with Crippen LogP contribution < -0.4 is 0 Å². The minimum atomic E-state index is -0.577. The molecule has 2 saturated heterocycles. The van der Waals surface area contributed by atoms with Crippen molar-refractivity contribution in [1.29, 1.82) is 5.26 Å². The molecule has 0 radical (unpaired) electrons. The molecule has 4 atom stereocenters. The van der Waals surface area contributed by atoms with Crippen LogP contribution in [0.5, 0.6) is 0 Å². The Hall–Kier alpha value is -1.41. The molecule has 0 aliphatic carbocycles. The fourth-order valence-electron chi connectivity index (χ4n) is 3.25. The van der Waals surface area contributed by atoms with E-state index in [1.54, 1.807) is 0 Å². The van der Waals surface area contributed by atoms with E-state index < -0.39 is 5.79 Å². The number of ether oxygens (including phenoxy) is 2. The molecular formula is C16H20N2O2. The zero-order valence-corrected chi connectivity index (χ0v) is 12.1. The lowest BCUT2D eigenvalue weighted by Gasteiger charge is -2.30. The highest BCUT2D eigenvalue weighted by atomic mass is 16.8. The van der Waals surface area contributed by atoms with Gasteiger partial charge in [0.2, 0.25) is 0 Å². The number of hydrogen-bond donors (Lipinski definition) is 0. The van der Waals surface area contributed by atoms with Gasteiger partial charge in [-0.2, -0.15) is 5.26 Å². The number of fused-ring (bicyclic) bond motifs is 1. The lowest BCUT2D eigenvalue weighted by atomic mass is 10.1. The van der Waals surface area contributed by atoms with Crippen molar-refractivity contribution in [3.63, 3.8) is 0 Å². The summed E-state index contributed by atoms with van der Waals surface area (Å²) in [7, 11) is 0. The summed E-state index contributed by atoms with van der Waals surface area (Å²) in [5.74, 6) is -0.577. The second-order valence-electron chi connectivity index (χ2n) is 6.00. The highest BCUT2D eigenvalue weighted by molar-refractivity contribution is 5.21. The van der Waals surface area contributed by atoms with Gasteiger partial charge in [0.15, 0.2) is 5.79 Å². The molecule has 4 unspecified atom stereocenters. The molecule has 1 aromatic carbocycles. The van der Waals surface area contributed by atoms with E-state index in [0.717, 1.165) is 6.54 Å². The summed E-state index contributed by atoms with van der Waals surface area (Å²) in [6.45, 7) is 6.68. The third kappa shape index (κ3) is 2.22. The smallest absolute Gasteiger partial charge is 0.163 e. The molecule has 2 aliphatic heterocycles. The topological polar surface area (TPSA) is 45.5 Å². The normalized spacial score (nSPS) is 33.6. The minimum Gasteiger partial charge on any atom is -0.343 e. The van der Waals surface area contributed by atoms with Gasteiger partial charge in [0, 0.05) is 12.6 Å². The molecule has 4 heteroatoms. The molecule has 0 bridgehead atoms. The van der Waals surface area contributed by atoms with Crippen molar-refractivity contribution in [1.82, 2.24) is 4.90 Å². The number of likely N-dealkylation sites (tertiary alicyclic amines) is 1. The molecular weight excluding hydrogens is 252 g/mol. The maximum atomic E-state index is 9.52. The lowest BCUT2D eigenvalue weighted by molar-refractivity contribution is -0.160. The van der Waals surface area contributed by atoms with E-state index in [1.807, 2.05) is 32.0 Å². The molecule has 1 aromatic rings. The molecule has 106 valence electrons. The number of benzene rings is 1. The van der Waals surface area contributed by atoms with E-state index >= 15 is 0 Å². The number of hydrogen-bond acceptors (Lipinski definition) is 4. The first-order chi connectivity index (χ1) is 9.52. The predicted octanol–water partition coefficient (Wildman–Crippen LogP) is 2.48. The lowest BCUT2D eigenvalue weighted by Crippen LogP contribution is -2.38. The predicted molar refractivity (Wildman–Crippen MR) is 74.8 cm³/mol. The summed E-state index contributed by atoms with van der Waals surface area (Å²) < 4.78 is 11.8. The average molecular weight is 272 g/mol. The Morgan fingerprint density at radius 1 is 1.30 bits per heavy atom. The van der Waals surface area contributed by atoms with Gasteiger partial charge in [-0.25, -0.2) is 0 Å². The Kier molecular flexibility index (Phi) is 3.29. The summed E-state index contributed by atoms with van der Waals surface area (Å²) in [5, 5.41) is 9.52. The molecule has 2 fully saturated rings. The molecule has 20 heavy (non-hydrogen) atoms. The molecule has 0 aromatic heterocycles. The molecule has 4 nitrogen and oxygen atoms in total. The fourth-order valence-corrected chi connectivity index (χ4v) is 3.25. The minimum absolute atomic E-state index is 0.0131. The summed E-state index contributed by atoms with van der Waals surface area (Å²) in [5.41, 5.74) is 1.21. The van der Waals surface area contributed by atoms with E-state index in [2.05, 4.69) is 30.0 Å². The second kappa shape index (κ2) is 4.85.